The highest BCUT2D eigenvalue weighted by molar-refractivity contribution is 5.87. The number of carbonyl (C=O) groups excluding carboxylic acids is 1. The Hall–Kier alpha value is -3.07. The SMILES string of the molecule is C[C@@H]1CN(C2CCC(C(=O)N3COc4ccc(C(F)(F)F)cc4C3)C2)CCC1c1cccc(C(=O)O)c1. The molecule has 3 unspecified atom stereocenters. The maximum absolute atomic E-state index is 13.3. The molecular formula is C28H31F3N2O4. The molecule has 1 N–H and O–H groups in total. The summed E-state index contributed by atoms with van der Waals surface area (Å²) in [4.78, 5) is 28.6. The summed E-state index contributed by atoms with van der Waals surface area (Å²) < 4.78 is 45.0. The molecule has 5 rings (SSSR count). The highest BCUT2D eigenvalue weighted by atomic mass is 19.4. The number of piperidine rings is 1. The fraction of sp³-hybridized carbons (Fsp3) is 0.500. The van der Waals surface area contributed by atoms with Gasteiger partial charge in [0, 0.05) is 24.1 Å². The lowest BCUT2D eigenvalue weighted by atomic mass is 9.80. The number of likely N-dealkylation sites (tertiary alicyclic amines) is 1. The molecule has 0 radical (unpaired) electrons. The minimum atomic E-state index is -4.44. The summed E-state index contributed by atoms with van der Waals surface area (Å²) in [5, 5.41) is 9.32. The molecular weight excluding hydrogens is 485 g/mol. The minimum Gasteiger partial charge on any atom is -0.478 e. The third-order valence-corrected chi connectivity index (χ3v) is 8.21. The van der Waals surface area contributed by atoms with Crippen LogP contribution in [0.25, 0.3) is 0 Å². The number of fused-ring (bicyclic) bond motifs is 1. The van der Waals surface area contributed by atoms with E-state index in [1.165, 1.54) is 11.0 Å². The van der Waals surface area contributed by atoms with E-state index in [4.69, 9.17) is 4.74 Å². The number of benzene rings is 2. The maximum atomic E-state index is 13.3. The summed E-state index contributed by atoms with van der Waals surface area (Å²) in [7, 11) is 0. The van der Waals surface area contributed by atoms with E-state index in [-0.39, 0.29) is 31.1 Å². The number of hydrogen-bond donors (Lipinski definition) is 1. The molecule has 37 heavy (non-hydrogen) atoms. The molecule has 0 bridgehead atoms. The molecule has 2 aromatic carbocycles. The Labute approximate surface area is 214 Å². The number of halogens is 3. The van der Waals surface area contributed by atoms with Gasteiger partial charge in [-0.1, -0.05) is 19.1 Å². The van der Waals surface area contributed by atoms with E-state index in [0.29, 0.717) is 28.7 Å². The predicted octanol–water partition coefficient (Wildman–Crippen LogP) is 5.38. The molecule has 0 spiro atoms. The van der Waals surface area contributed by atoms with Crippen LogP contribution in [0.1, 0.15) is 65.6 Å². The predicted molar refractivity (Wildman–Crippen MR) is 130 cm³/mol. The van der Waals surface area contributed by atoms with Gasteiger partial charge >= 0.3 is 12.1 Å². The van der Waals surface area contributed by atoms with E-state index in [1.807, 2.05) is 6.07 Å². The molecule has 2 aliphatic heterocycles. The first-order chi connectivity index (χ1) is 17.6. The maximum Gasteiger partial charge on any atom is 0.416 e. The van der Waals surface area contributed by atoms with Crippen LogP contribution in [0.3, 0.4) is 0 Å². The van der Waals surface area contributed by atoms with Crippen molar-refractivity contribution in [1.29, 1.82) is 0 Å². The van der Waals surface area contributed by atoms with Crippen LogP contribution in [0.5, 0.6) is 5.75 Å². The number of amides is 1. The van der Waals surface area contributed by atoms with Crippen molar-refractivity contribution in [3.05, 3.63) is 64.7 Å². The summed E-state index contributed by atoms with van der Waals surface area (Å²) in [5.74, 6) is -0.104. The molecule has 2 fully saturated rings. The van der Waals surface area contributed by atoms with Crippen molar-refractivity contribution in [3.63, 3.8) is 0 Å². The van der Waals surface area contributed by atoms with E-state index in [9.17, 15) is 27.9 Å². The van der Waals surface area contributed by atoms with Gasteiger partial charge in [0.2, 0.25) is 5.91 Å². The first-order valence-corrected chi connectivity index (χ1v) is 12.8. The Morgan fingerprint density at radius 3 is 2.62 bits per heavy atom. The van der Waals surface area contributed by atoms with Gasteiger partial charge in [0.1, 0.15) is 5.75 Å². The Kier molecular flexibility index (Phi) is 6.91. The summed E-state index contributed by atoms with van der Waals surface area (Å²) in [6.07, 6.45) is -1.12. The zero-order valence-electron chi connectivity index (χ0n) is 20.7. The normalized spacial score (nSPS) is 26.4. The van der Waals surface area contributed by atoms with Crippen molar-refractivity contribution in [2.75, 3.05) is 19.8 Å². The standard InChI is InChI=1S/C28H31F3N2O4/c1-17-14-32(10-9-24(17)18-3-2-4-20(11-18)27(35)36)23-7-5-19(13-23)26(34)33-15-21-12-22(28(29,30)31)6-8-25(21)37-16-33/h2-4,6,8,11-12,17,19,23-24H,5,7,9-10,13-16H2,1H3,(H,35,36)/t17-,19?,23?,24?/m1/s1. The van der Waals surface area contributed by atoms with Crippen LogP contribution >= 0.6 is 0 Å². The number of carboxylic acid groups (broad SMARTS) is 1. The van der Waals surface area contributed by atoms with E-state index in [0.717, 1.165) is 56.5 Å². The molecule has 2 aromatic rings. The van der Waals surface area contributed by atoms with Crippen molar-refractivity contribution in [2.45, 2.75) is 57.3 Å². The molecule has 9 heteroatoms. The Morgan fingerprint density at radius 2 is 1.89 bits per heavy atom. The lowest BCUT2D eigenvalue weighted by molar-refractivity contribution is -0.140. The second-order valence-electron chi connectivity index (χ2n) is 10.6. The number of carbonyl (C=O) groups is 2. The summed E-state index contributed by atoms with van der Waals surface area (Å²) >= 11 is 0. The van der Waals surface area contributed by atoms with Gasteiger partial charge in [-0.25, -0.2) is 4.79 Å². The van der Waals surface area contributed by atoms with E-state index in [1.54, 1.807) is 18.2 Å². The number of hydrogen-bond acceptors (Lipinski definition) is 4. The van der Waals surface area contributed by atoms with Crippen LogP contribution in [0, 0.1) is 11.8 Å². The number of ether oxygens (including phenoxy) is 1. The van der Waals surface area contributed by atoms with Gasteiger partial charge in [-0.2, -0.15) is 13.2 Å². The Morgan fingerprint density at radius 1 is 1.08 bits per heavy atom. The first kappa shape index (κ1) is 25.6. The summed E-state index contributed by atoms with van der Waals surface area (Å²) in [5.41, 5.74) is 1.01. The molecule has 1 saturated carbocycles. The third-order valence-electron chi connectivity index (χ3n) is 8.21. The zero-order valence-corrected chi connectivity index (χ0v) is 20.7. The van der Waals surface area contributed by atoms with Crippen LogP contribution in [0.15, 0.2) is 42.5 Å². The molecule has 1 amide bonds. The Bertz CT molecular complexity index is 1180. The smallest absolute Gasteiger partial charge is 0.416 e. The largest absolute Gasteiger partial charge is 0.478 e. The summed E-state index contributed by atoms with van der Waals surface area (Å²) in [6, 6.07) is 10.9. The van der Waals surface area contributed by atoms with Crippen LogP contribution in [-0.2, 0) is 17.5 Å². The fourth-order valence-corrected chi connectivity index (χ4v) is 6.24. The lowest BCUT2D eigenvalue weighted by Gasteiger charge is -2.40. The monoisotopic (exact) mass is 516 g/mol. The molecule has 2 heterocycles. The fourth-order valence-electron chi connectivity index (χ4n) is 6.24. The molecule has 1 aliphatic carbocycles. The summed E-state index contributed by atoms with van der Waals surface area (Å²) in [6.45, 7) is 4.14. The topological polar surface area (TPSA) is 70.1 Å². The number of alkyl halides is 3. The number of aromatic carboxylic acids is 1. The second-order valence-corrected chi connectivity index (χ2v) is 10.6. The highest BCUT2D eigenvalue weighted by Crippen LogP contribution is 2.39. The first-order valence-electron chi connectivity index (χ1n) is 12.8. The van der Waals surface area contributed by atoms with Gasteiger partial charge in [-0.3, -0.25) is 4.79 Å². The third kappa shape index (κ3) is 5.32. The Balaban J connectivity index is 1.18. The molecule has 3 aliphatic rings. The lowest BCUT2D eigenvalue weighted by Crippen LogP contribution is -2.44. The van der Waals surface area contributed by atoms with E-state index in [2.05, 4.69) is 11.8 Å². The van der Waals surface area contributed by atoms with Crippen molar-refractivity contribution in [1.82, 2.24) is 9.80 Å². The van der Waals surface area contributed by atoms with Gasteiger partial charge in [0.05, 0.1) is 17.7 Å². The van der Waals surface area contributed by atoms with E-state index < -0.39 is 17.7 Å². The van der Waals surface area contributed by atoms with Crippen molar-refractivity contribution >= 4 is 11.9 Å². The molecule has 0 aromatic heterocycles. The molecule has 1 saturated heterocycles. The number of rotatable bonds is 4. The van der Waals surface area contributed by atoms with Crippen LogP contribution < -0.4 is 4.74 Å². The van der Waals surface area contributed by atoms with Crippen LogP contribution in [-0.4, -0.2) is 52.6 Å². The molecule has 198 valence electrons. The second kappa shape index (κ2) is 10.0. The van der Waals surface area contributed by atoms with E-state index >= 15 is 0 Å². The van der Waals surface area contributed by atoms with Gasteiger partial charge in [0.25, 0.3) is 0 Å². The number of carboxylic acids is 1. The zero-order chi connectivity index (χ0) is 26.3. The van der Waals surface area contributed by atoms with Gasteiger partial charge in [-0.05, 0) is 80.0 Å². The van der Waals surface area contributed by atoms with Crippen molar-refractivity contribution < 1.29 is 32.6 Å². The minimum absolute atomic E-state index is 0.0518. The van der Waals surface area contributed by atoms with Crippen molar-refractivity contribution in [2.24, 2.45) is 11.8 Å². The average molecular weight is 517 g/mol. The van der Waals surface area contributed by atoms with Gasteiger partial charge in [-0.15, -0.1) is 0 Å². The van der Waals surface area contributed by atoms with Gasteiger partial charge < -0.3 is 19.6 Å². The van der Waals surface area contributed by atoms with Crippen molar-refractivity contribution in [3.8, 4) is 5.75 Å². The van der Waals surface area contributed by atoms with Crippen LogP contribution in [0.2, 0.25) is 0 Å². The van der Waals surface area contributed by atoms with Gasteiger partial charge in [0.15, 0.2) is 6.73 Å². The number of nitrogens with zero attached hydrogens (tertiary/aromatic N) is 2. The molecule has 6 nitrogen and oxygen atoms in total. The van der Waals surface area contributed by atoms with Crippen LogP contribution in [0.4, 0.5) is 13.2 Å². The quantitative estimate of drug-likeness (QED) is 0.591. The molecule has 4 atom stereocenters. The average Bonchev–Trinajstić information content (AvgIpc) is 3.37. The highest BCUT2D eigenvalue weighted by Gasteiger charge is 2.39.